The standard InChI is InChI=1S/C17H20N6O2/c24-16-6-13(11-23(16)14-8-20-21-9-14)17(25)22-5-4-19-10-15(22)12-2-1-3-18-7-12/h1-3,7-9,13,15,19H,4-6,10-11H2,(H,20,21). The molecule has 0 bridgehead atoms. The normalized spacial score (nSPS) is 23.9. The molecule has 2 saturated heterocycles. The fourth-order valence-electron chi connectivity index (χ4n) is 3.59. The molecule has 130 valence electrons. The fraction of sp³-hybridized carbons (Fsp3) is 0.412. The smallest absolute Gasteiger partial charge is 0.228 e. The largest absolute Gasteiger partial charge is 0.333 e. The second-order valence-corrected chi connectivity index (χ2v) is 6.40. The van der Waals surface area contributed by atoms with E-state index in [9.17, 15) is 9.59 Å². The fourth-order valence-corrected chi connectivity index (χ4v) is 3.59. The van der Waals surface area contributed by atoms with Gasteiger partial charge in [0, 0.05) is 51.2 Å². The number of nitrogens with one attached hydrogen (secondary N) is 2. The van der Waals surface area contributed by atoms with Gasteiger partial charge in [0.15, 0.2) is 0 Å². The van der Waals surface area contributed by atoms with Gasteiger partial charge in [-0.2, -0.15) is 5.10 Å². The van der Waals surface area contributed by atoms with Crippen LogP contribution in [0.4, 0.5) is 5.69 Å². The van der Waals surface area contributed by atoms with Crippen LogP contribution in [-0.4, -0.2) is 58.1 Å². The molecule has 2 aromatic heterocycles. The van der Waals surface area contributed by atoms with Gasteiger partial charge in [0.05, 0.1) is 23.8 Å². The lowest BCUT2D eigenvalue weighted by atomic mass is 10.0. The van der Waals surface area contributed by atoms with Crippen molar-refractivity contribution in [1.29, 1.82) is 0 Å². The zero-order valence-corrected chi connectivity index (χ0v) is 13.8. The summed E-state index contributed by atoms with van der Waals surface area (Å²) in [6.45, 7) is 2.49. The van der Waals surface area contributed by atoms with Crippen LogP contribution < -0.4 is 10.2 Å². The Bertz CT molecular complexity index is 748. The van der Waals surface area contributed by atoms with Crippen molar-refractivity contribution >= 4 is 17.5 Å². The van der Waals surface area contributed by atoms with E-state index in [0.717, 1.165) is 12.1 Å². The average molecular weight is 340 g/mol. The lowest BCUT2D eigenvalue weighted by Gasteiger charge is -2.37. The summed E-state index contributed by atoms with van der Waals surface area (Å²) in [6.07, 6.45) is 7.05. The highest BCUT2D eigenvalue weighted by Crippen LogP contribution is 2.29. The molecule has 2 unspecified atom stereocenters. The lowest BCUT2D eigenvalue weighted by Crippen LogP contribution is -2.50. The SMILES string of the molecule is O=C1CC(C(=O)N2CCNCC2c2cccnc2)CN1c1cn[nH]c1. The maximum Gasteiger partial charge on any atom is 0.228 e. The Hall–Kier alpha value is -2.74. The van der Waals surface area contributed by atoms with Crippen molar-refractivity contribution in [3.63, 3.8) is 0 Å². The maximum absolute atomic E-state index is 13.1. The highest BCUT2D eigenvalue weighted by Gasteiger charge is 2.40. The topological polar surface area (TPSA) is 94.2 Å². The maximum atomic E-state index is 13.1. The lowest BCUT2D eigenvalue weighted by molar-refractivity contribution is -0.139. The van der Waals surface area contributed by atoms with Crippen molar-refractivity contribution in [2.75, 3.05) is 31.1 Å². The van der Waals surface area contributed by atoms with Gasteiger partial charge in [0.25, 0.3) is 0 Å². The number of aromatic amines is 1. The molecule has 4 heterocycles. The third-order valence-corrected chi connectivity index (χ3v) is 4.87. The molecule has 0 saturated carbocycles. The monoisotopic (exact) mass is 340 g/mol. The number of carbonyl (C=O) groups excluding carboxylic acids is 2. The van der Waals surface area contributed by atoms with Crippen molar-refractivity contribution in [3.8, 4) is 0 Å². The zero-order valence-electron chi connectivity index (χ0n) is 13.8. The number of hydrogen-bond acceptors (Lipinski definition) is 5. The zero-order chi connectivity index (χ0) is 17.2. The summed E-state index contributed by atoms with van der Waals surface area (Å²) in [4.78, 5) is 33.1. The summed E-state index contributed by atoms with van der Waals surface area (Å²) < 4.78 is 0. The number of piperazine rings is 1. The van der Waals surface area contributed by atoms with Crippen LogP contribution in [0.5, 0.6) is 0 Å². The van der Waals surface area contributed by atoms with Gasteiger partial charge in [0.1, 0.15) is 0 Å². The molecule has 0 spiro atoms. The molecule has 8 nitrogen and oxygen atoms in total. The first-order valence-corrected chi connectivity index (χ1v) is 8.44. The number of aromatic nitrogens is 3. The molecule has 2 fully saturated rings. The number of hydrogen-bond donors (Lipinski definition) is 2. The van der Waals surface area contributed by atoms with E-state index >= 15 is 0 Å². The molecule has 0 aliphatic carbocycles. The van der Waals surface area contributed by atoms with E-state index in [1.54, 1.807) is 29.7 Å². The highest BCUT2D eigenvalue weighted by molar-refractivity contribution is 6.00. The van der Waals surface area contributed by atoms with E-state index in [1.165, 1.54) is 0 Å². The van der Waals surface area contributed by atoms with E-state index in [-0.39, 0.29) is 30.2 Å². The first-order valence-electron chi connectivity index (χ1n) is 8.44. The molecular formula is C17H20N6O2. The Morgan fingerprint density at radius 1 is 1.32 bits per heavy atom. The van der Waals surface area contributed by atoms with Gasteiger partial charge in [-0.25, -0.2) is 0 Å². The molecular weight excluding hydrogens is 320 g/mol. The predicted octanol–water partition coefficient (Wildman–Crippen LogP) is 0.331. The summed E-state index contributed by atoms with van der Waals surface area (Å²) >= 11 is 0. The van der Waals surface area contributed by atoms with Crippen LogP contribution in [0.15, 0.2) is 36.9 Å². The first-order chi connectivity index (χ1) is 12.2. The number of pyridine rings is 1. The molecule has 2 N–H and O–H groups in total. The minimum absolute atomic E-state index is 0.0344. The number of nitrogens with zero attached hydrogens (tertiary/aromatic N) is 4. The van der Waals surface area contributed by atoms with Crippen LogP contribution in [-0.2, 0) is 9.59 Å². The predicted molar refractivity (Wildman–Crippen MR) is 90.6 cm³/mol. The summed E-state index contributed by atoms with van der Waals surface area (Å²) in [6, 6.07) is 3.82. The van der Waals surface area contributed by atoms with E-state index in [4.69, 9.17) is 0 Å². The molecule has 2 aromatic rings. The quantitative estimate of drug-likeness (QED) is 0.840. The molecule has 2 atom stereocenters. The van der Waals surface area contributed by atoms with Crippen LogP contribution in [0.2, 0.25) is 0 Å². The van der Waals surface area contributed by atoms with Crippen molar-refractivity contribution in [2.24, 2.45) is 5.92 Å². The molecule has 2 amide bonds. The van der Waals surface area contributed by atoms with E-state index in [0.29, 0.717) is 25.3 Å². The van der Waals surface area contributed by atoms with Crippen LogP contribution in [0.3, 0.4) is 0 Å². The molecule has 8 heteroatoms. The number of anilines is 1. The number of H-pyrrole nitrogens is 1. The second kappa shape index (κ2) is 6.64. The third kappa shape index (κ3) is 3.00. The Kier molecular flexibility index (Phi) is 4.19. The summed E-state index contributed by atoms with van der Waals surface area (Å²) in [5.41, 5.74) is 1.73. The van der Waals surface area contributed by atoms with Gasteiger partial charge in [-0.05, 0) is 11.6 Å². The molecule has 2 aliphatic heterocycles. The van der Waals surface area contributed by atoms with Crippen LogP contribution in [0.1, 0.15) is 18.0 Å². The third-order valence-electron chi connectivity index (χ3n) is 4.87. The molecule has 2 aliphatic rings. The molecule has 0 radical (unpaired) electrons. The van der Waals surface area contributed by atoms with Crippen molar-refractivity contribution in [3.05, 3.63) is 42.5 Å². The summed E-state index contributed by atoms with van der Waals surface area (Å²) in [7, 11) is 0. The molecule has 25 heavy (non-hydrogen) atoms. The number of carbonyl (C=O) groups is 2. The molecule has 0 aromatic carbocycles. The summed E-state index contributed by atoms with van der Waals surface area (Å²) in [5, 5.41) is 9.93. The van der Waals surface area contributed by atoms with Crippen LogP contribution >= 0.6 is 0 Å². The van der Waals surface area contributed by atoms with E-state index < -0.39 is 0 Å². The van der Waals surface area contributed by atoms with E-state index in [2.05, 4.69) is 20.5 Å². The molecule has 4 rings (SSSR count). The Morgan fingerprint density at radius 3 is 3.00 bits per heavy atom. The second-order valence-electron chi connectivity index (χ2n) is 6.40. The van der Waals surface area contributed by atoms with Crippen molar-refractivity contribution in [1.82, 2.24) is 25.4 Å². The number of amides is 2. The van der Waals surface area contributed by atoms with Gasteiger partial charge in [-0.15, -0.1) is 0 Å². The van der Waals surface area contributed by atoms with E-state index in [1.807, 2.05) is 17.0 Å². The minimum Gasteiger partial charge on any atom is -0.333 e. The van der Waals surface area contributed by atoms with Gasteiger partial charge in [-0.3, -0.25) is 19.7 Å². The Labute approximate surface area is 145 Å². The van der Waals surface area contributed by atoms with Gasteiger partial charge in [-0.1, -0.05) is 6.07 Å². The average Bonchev–Trinajstić information content (AvgIpc) is 3.31. The van der Waals surface area contributed by atoms with Crippen LogP contribution in [0.25, 0.3) is 0 Å². The van der Waals surface area contributed by atoms with Gasteiger partial charge < -0.3 is 15.1 Å². The van der Waals surface area contributed by atoms with Crippen molar-refractivity contribution in [2.45, 2.75) is 12.5 Å². The highest BCUT2D eigenvalue weighted by atomic mass is 16.2. The van der Waals surface area contributed by atoms with Gasteiger partial charge in [0.2, 0.25) is 11.8 Å². The van der Waals surface area contributed by atoms with Gasteiger partial charge >= 0.3 is 0 Å². The Balaban J connectivity index is 1.52. The first kappa shape index (κ1) is 15.8. The summed E-state index contributed by atoms with van der Waals surface area (Å²) in [5.74, 6) is -0.317. The minimum atomic E-state index is -0.320. The Morgan fingerprint density at radius 2 is 2.24 bits per heavy atom. The van der Waals surface area contributed by atoms with Crippen LogP contribution in [0, 0.1) is 5.92 Å². The number of rotatable bonds is 3. The van der Waals surface area contributed by atoms with Crippen molar-refractivity contribution < 1.29 is 9.59 Å².